The van der Waals surface area contributed by atoms with Crippen LogP contribution in [0.3, 0.4) is 0 Å². The van der Waals surface area contributed by atoms with Crippen LogP contribution in [-0.4, -0.2) is 47.4 Å². The molecule has 7 heteroatoms. The molecule has 0 aromatic carbocycles. The number of hydrogen-bond donors (Lipinski definition) is 2. The third-order valence-corrected chi connectivity index (χ3v) is 4.60. The monoisotopic (exact) mass is 310 g/mol. The molecule has 1 saturated heterocycles. The molecule has 1 aromatic rings. The number of carboxylic acids is 1. The van der Waals surface area contributed by atoms with Crippen molar-refractivity contribution in [3.8, 4) is 0 Å². The van der Waals surface area contributed by atoms with E-state index in [1.165, 1.54) is 11.3 Å². The summed E-state index contributed by atoms with van der Waals surface area (Å²) in [6, 6.07) is 3.53. The van der Waals surface area contributed by atoms with Crippen LogP contribution in [0.4, 0.5) is 0 Å². The number of amides is 2. The Kier molecular flexibility index (Phi) is 4.95. The summed E-state index contributed by atoms with van der Waals surface area (Å²) in [4.78, 5) is 36.6. The summed E-state index contributed by atoms with van der Waals surface area (Å²) in [6.07, 6.45) is 0.241. The van der Waals surface area contributed by atoms with Gasteiger partial charge in [0.15, 0.2) is 0 Å². The highest BCUT2D eigenvalue weighted by molar-refractivity contribution is 7.12. The summed E-state index contributed by atoms with van der Waals surface area (Å²) < 4.78 is 0. The van der Waals surface area contributed by atoms with Crippen molar-refractivity contribution in [1.29, 1.82) is 0 Å². The average molecular weight is 310 g/mol. The normalized spacial score (nSPS) is 16.1. The summed E-state index contributed by atoms with van der Waals surface area (Å²) in [7, 11) is 0. The van der Waals surface area contributed by atoms with Crippen LogP contribution in [-0.2, 0) is 9.59 Å². The van der Waals surface area contributed by atoms with E-state index in [0.29, 0.717) is 24.5 Å². The van der Waals surface area contributed by atoms with Gasteiger partial charge in [-0.15, -0.1) is 11.3 Å². The third kappa shape index (κ3) is 3.81. The Hall–Kier alpha value is -1.89. The summed E-state index contributed by atoms with van der Waals surface area (Å²) in [5.41, 5.74) is 0. The molecule has 2 amide bonds. The van der Waals surface area contributed by atoms with Gasteiger partial charge in [0.2, 0.25) is 5.91 Å². The Morgan fingerprint density at radius 3 is 2.76 bits per heavy atom. The molecule has 1 aliphatic heterocycles. The summed E-state index contributed by atoms with van der Waals surface area (Å²) in [6.45, 7) is 2.94. The number of hydrogen-bond acceptors (Lipinski definition) is 4. The molecule has 2 rings (SSSR count). The minimum absolute atomic E-state index is 0.0344. The predicted molar refractivity (Wildman–Crippen MR) is 78.1 cm³/mol. The van der Waals surface area contributed by atoms with Crippen LogP contribution in [0.2, 0.25) is 0 Å². The van der Waals surface area contributed by atoms with Crippen molar-refractivity contribution in [3.05, 3.63) is 22.4 Å². The fourth-order valence-corrected chi connectivity index (χ4v) is 2.81. The summed E-state index contributed by atoms with van der Waals surface area (Å²) in [5, 5.41) is 13.4. The van der Waals surface area contributed by atoms with Crippen LogP contribution in [0.25, 0.3) is 0 Å². The minimum atomic E-state index is -0.824. The Bertz CT molecular complexity index is 523. The van der Waals surface area contributed by atoms with E-state index < -0.39 is 11.9 Å². The number of carboxylic acid groups (broad SMARTS) is 1. The molecule has 114 valence electrons. The zero-order valence-corrected chi connectivity index (χ0v) is 12.6. The number of rotatable bonds is 6. The van der Waals surface area contributed by atoms with E-state index in [1.807, 2.05) is 5.38 Å². The van der Waals surface area contributed by atoms with Crippen molar-refractivity contribution in [2.24, 2.45) is 11.8 Å². The maximum absolute atomic E-state index is 11.9. The van der Waals surface area contributed by atoms with E-state index in [-0.39, 0.29) is 24.2 Å². The van der Waals surface area contributed by atoms with Crippen LogP contribution in [0.5, 0.6) is 0 Å². The van der Waals surface area contributed by atoms with E-state index in [0.717, 1.165) is 0 Å². The van der Waals surface area contributed by atoms with Gasteiger partial charge in [0.05, 0.1) is 10.8 Å². The second kappa shape index (κ2) is 6.71. The topological polar surface area (TPSA) is 86.7 Å². The Balaban J connectivity index is 1.65. The predicted octanol–water partition coefficient (Wildman–Crippen LogP) is 1.05. The first-order valence-electron chi connectivity index (χ1n) is 6.81. The third-order valence-electron chi connectivity index (χ3n) is 3.73. The van der Waals surface area contributed by atoms with E-state index in [1.54, 1.807) is 24.0 Å². The first-order valence-corrected chi connectivity index (χ1v) is 7.69. The van der Waals surface area contributed by atoms with Crippen LogP contribution in [0.15, 0.2) is 17.5 Å². The SMILES string of the molecule is CC(C(=O)O)C1CN(C(=O)CCNC(=O)c2cccs2)C1. The first kappa shape index (κ1) is 15.5. The van der Waals surface area contributed by atoms with E-state index in [4.69, 9.17) is 5.11 Å². The molecular formula is C14H18N2O4S. The first-order chi connectivity index (χ1) is 9.99. The van der Waals surface area contributed by atoms with Crippen molar-refractivity contribution in [2.45, 2.75) is 13.3 Å². The number of nitrogens with zero attached hydrogens (tertiary/aromatic N) is 1. The Morgan fingerprint density at radius 1 is 1.48 bits per heavy atom. The van der Waals surface area contributed by atoms with Crippen molar-refractivity contribution >= 4 is 29.1 Å². The summed E-state index contributed by atoms with van der Waals surface area (Å²) >= 11 is 1.36. The molecule has 1 aromatic heterocycles. The van der Waals surface area contributed by atoms with E-state index in [9.17, 15) is 14.4 Å². The van der Waals surface area contributed by atoms with Gasteiger partial charge in [0, 0.05) is 32.0 Å². The van der Waals surface area contributed by atoms with Crippen LogP contribution in [0.1, 0.15) is 23.0 Å². The average Bonchev–Trinajstić information content (AvgIpc) is 2.90. The highest BCUT2D eigenvalue weighted by Crippen LogP contribution is 2.24. The molecule has 0 spiro atoms. The van der Waals surface area contributed by atoms with E-state index in [2.05, 4.69) is 5.32 Å². The Labute approximate surface area is 126 Å². The molecule has 1 atom stereocenters. The lowest BCUT2D eigenvalue weighted by molar-refractivity contribution is -0.150. The molecule has 0 bridgehead atoms. The second-order valence-electron chi connectivity index (χ2n) is 5.17. The summed E-state index contributed by atoms with van der Waals surface area (Å²) in [5.74, 6) is -1.43. The molecule has 0 radical (unpaired) electrons. The smallest absolute Gasteiger partial charge is 0.306 e. The van der Waals surface area contributed by atoms with Gasteiger partial charge >= 0.3 is 5.97 Å². The van der Waals surface area contributed by atoms with Gasteiger partial charge < -0.3 is 15.3 Å². The molecule has 0 saturated carbocycles. The Morgan fingerprint density at radius 2 is 2.19 bits per heavy atom. The molecule has 1 aliphatic rings. The highest BCUT2D eigenvalue weighted by atomic mass is 32.1. The van der Waals surface area contributed by atoms with Crippen LogP contribution < -0.4 is 5.32 Å². The van der Waals surface area contributed by atoms with Gasteiger partial charge in [0.25, 0.3) is 5.91 Å². The quantitative estimate of drug-likeness (QED) is 0.822. The van der Waals surface area contributed by atoms with Gasteiger partial charge in [-0.1, -0.05) is 13.0 Å². The largest absolute Gasteiger partial charge is 0.481 e. The molecule has 6 nitrogen and oxygen atoms in total. The number of likely N-dealkylation sites (tertiary alicyclic amines) is 1. The molecule has 1 fully saturated rings. The van der Waals surface area contributed by atoms with Gasteiger partial charge in [0.1, 0.15) is 0 Å². The van der Waals surface area contributed by atoms with Crippen LogP contribution in [0, 0.1) is 11.8 Å². The molecule has 2 N–H and O–H groups in total. The number of aliphatic carboxylic acids is 1. The lowest BCUT2D eigenvalue weighted by Crippen LogP contribution is -2.53. The molecule has 0 aliphatic carbocycles. The highest BCUT2D eigenvalue weighted by Gasteiger charge is 2.36. The van der Waals surface area contributed by atoms with Gasteiger partial charge in [-0.05, 0) is 11.4 Å². The van der Waals surface area contributed by atoms with Crippen molar-refractivity contribution in [1.82, 2.24) is 10.2 Å². The second-order valence-corrected chi connectivity index (χ2v) is 6.12. The van der Waals surface area contributed by atoms with Gasteiger partial charge in [-0.3, -0.25) is 14.4 Å². The fourth-order valence-electron chi connectivity index (χ4n) is 2.17. The molecule has 21 heavy (non-hydrogen) atoms. The zero-order valence-electron chi connectivity index (χ0n) is 11.7. The van der Waals surface area contributed by atoms with Crippen molar-refractivity contribution < 1.29 is 19.5 Å². The van der Waals surface area contributed by atoms with E-state index >= 15 is 0 Å². The number of carbonyl (C=O) groups is 3. The molecular weight excluding hydrogens is 292 g/mol. The zero-order chi connectivity index (χ0) is 15.4. The molecule has 1 unspecified atom stereocenters. The lowest BCUT2D eigenvalue weighted by atomic mass is 9.87. The van der Waals surface area contributed by atoms with Crippen molar-refractivity contribution in [2.75, 3.05) is 19.6 Å². The van der Waals surface area contributed by atoms with Crippen LogP contribution >= 0.6 is 11.3 Å². The number of thiophene rings is 1. The maximum atomic E-state index is 11.9. The number of carbonyl (C=O) groups excluding carboxylic acids is 2. The molecule has 2 heterocycles. The minimum Gasteiger partial charge on any atom is -0.481 e. The lowest BCUT2D eigenvalue weighted by Gasteiger charge is -2.41. The fraction of sp³-hybridized carbons (Fsp3) is 0.500. The van der Waals surface area contributed by atoms with Crippen molar-refractivity contribution in [3.63, 3.8) is 0 Å². The number of nitrogens with one attached hydrogen (secondary N) is 1. The van der Waals surface area contributed by atoms with Gasteiger partial charge in [-0.2, -0.15) is 0 Å². The van der Waals surface area contributed by atoms with Gasteiger partial charge in [-0.25, -0.2) is 0 Å². The maximum Gasteiger partial charge on any atom is 0.306 e. The standard InChI is InChI=1S/C14H18N2O4S/c1-9(14(19)20)10-7-16(8-10)12(17)4-5-15-13(18)11-3-2-6-21-11/h2-3,6,9-10H,4-5,7-8H2,1H3,(H,15,18)(H,19,20).